The highest BCUT2D eigenvalue weighted by Crippen LogP contribution is 2.34. The molecule has 1 aromatic rings. The van der Waals surface area contributed by atoms with E-state index in [1.54, 1.807) is 10.4 Å². The highest BCUT2D eigenvalue weighted by molar-refractivity contribution is 7.10. The first-order chi connectivity index (χ1) is 6.45. The maximum Gasteiger partial charge on any atom is 0.0569 e. The summed E-state index contributed by atoms with van der Waals surface area (Å²) < 4.78 is 0. The first kappa shape index (κ1) is 10.4. The maximum absolute atomic E-state index is 3.48. The third kappa shape index (κ3) is 1.58. The number of nitrogens with one attached hydrogen (secondary N) is 1. The molecule has 14 heavy (non-hydrogen) atoms. The summed E-state index contributed by atoms with van der Waals surface area (Å²) in [7, 11) is 0. The van der Waals surface area contributed by atoms with E-state index in [2.05, 4.69) is 21.7 Å². The maximum atomic E-state index is 3.48. The molecule has 78 valence electrons. The lowest BCUT2D eigenvalue weighted by Gasteiger charge is -2.39. The van der Waals surface area contributed by atoms with E-state index in [-0.39, 0.29) is 12.4 Å². The molecule has 3 heterocycles. The van der Waals surface area contributed by atoms with Crippen LogP contribution in [0.1, 0.15) is 16.5 Å². The monoisotopic (exact) mass is 230 g/mol. The summed E-state index contributed by atoms with van der Waals surface area (Å²) in [6, 6.07) is 2.98. The largest absolute Gasteiger partial charge is 0.314 e. The molecule has 1 saturated heterocycles. The third-order valence-electron chi connectivity index (χ3n) is 3.11. The van der Waals surface area contributed by atoms with Crippen LogP contribution < -0.4 is 5.32 Å². The van der Waals surface area contributed by atoms with Gasteiger partial charge in [-0.25, -0.2) is 0 Å². The number of fused-ring (bicyclic) bond motifs is 3. The molecule has 1 aromatic heterocycles. The van der Waals surface area contributed by atoms with Gasteiger partial charge in [0.15, 0.2) is 0 Å². The summed E-state index contributed by atoms with van der Waals surface area (Å²) in [5.74, 6) is 0. The Hall–Kier alpha value is -0.0900. The third-order valence-corrected chi connectivity index (χ3v) is 4.17. The molecule has 0 aromatic carbocycles. The van der Waals surface area contributed by atoms with E-state index >= 15 is 0 Å². The predicted octanol–water partition coefficient (Wildman–Crippen LogP) is 1.67. The van der Waals surface area contributed by atoms with Crippen LogP contribution in [-0.2, 0) is 6.42 Å². The molecular formula is C10H15ClN2S. The average Bonchev–Trinajstić information content (AvgIpc) is 2.65. The fourth-order valence-electron chi connectivity index (χ4n) is 2.38. The lowest BCUT2D eigenvalue weighted by atomic mass is 10.0. The lowest BCUT2D eigenvalue weighted by Crippen LogP contribution is -2.48. The van der Waals surface area contributed by atoms with Gasteiger partial charge in [-0.2, -0.15) is 0 Å². The van der Waals surface area contributed by atoms with Crippen LogP contribution in [0.4, 0.5) is 0 Å². The molecule has 0 bridgehead atoms. The Balaban J connectivity index is 0.000000750. The minimum atomic E-state index is 0. The van der Waals surface area contributed by atoms with Gasteiger partial charge in [-0.15, -0.1) is 23.7 Å². The van der Waals surface area contributed by atoms with Gasteiger partial charge in [0, 0.05) is 31.1 Å². The van der Waals surface area contributed by atoms with Crippen molar-refractivity contribution in [2.45, 2.75) is 12.5 Å². The van der Waals surface area contributed by atoms with Gasteiger partial charge >= 0.3 is 0 Å². The highest BCUT2D eigenvalue weighted by Gasteiger charge is 2.29. The second kappa shape index (κ2) is 4.19. The number of hydrogen-bond acceptors (Lipinski definition) is 3. The summed E-state index contributed by atoms with van der Waals surface area (Å²) in [4.78, 5) is 4.23. The van der Waals surface area contributed by atoms with Crippen LogP contribution >= 0.6 is 23.7 Å². The van der Waals surface area contributed by atoms with Crippen molar-refractivity contribution in [3.8, 4) is 0 Å². The van der Waals surface area contributed by atoms with Gasteiger partial charge < -0.3 is 5.32 Å². The van der Waals surface area contributed by atoms with Crippen LogP contribution in [-0.4, -0.2) is 31.1 Å². The zero-order valence-electron chi connectivity index (χ0n) is 8.03. The minimum Gasteiger partial charge on any atom is -0.314 e. The van der Waals surface area contributed by atoms with Crippen LogP contribution in [0.5, 0.6) is 0 Å². The van der Waals surface area contributed by atoms with Gasteiger partial charge in [0.2, 0.25) is 0 Å². The molecule has 0 saturated carbocycles. The molecule has 1 N–H and O–H groups in total. The molecule has 4 heteroatoms. The topological polar surface area (TPSA) is 15.3 Å². The normalized spacial score (nSPS) is 26.1. The number of nitrogens with zero attached hydrogens (tertiary/aromatic N) is 1. The number of halogens is 1. The number of thiophene rings is 1. The van der Waals surface area contributed by atoms with Gasteiger partial charge in [0.05, 0.1) is 6.04 Å². The quantitative estimate of drug-likeness (QED) is 0.730. The van der Waals surface area contributed by atoms with Gasteiger partial charge in [0.25, 0.3) is 0 Å². The molecule has 1 atom stereocenters. The van der Waals surface area contributed by atoms with Crippen LogP contribution in [0, 0.1) is 0 Å². The SMILES string of the molecule is Cl.c1cc2c(s1)[C@H]1CNCCN1CC2. The summed E-state index contributed by atoms with van der Waals surface area (Å²) in [5, 5.41) is 5.72. The van der Waals surface area contributed by atoms with Crippen LogP contribution in [0.15, 0.2) is 11.4 Å². The van der Waals surface area contributed by atoms with E-state index in [0.29, 0.717) is 6.04 Å². The lowest BCUT2D eigenvalue weighted by molar-refractivity contribution is 0.155. The van der Waals surface area contributed by atoms with Crippen LogP contribution in [0.3, 0.4) is 0 Å². The van der Waals surface area contributed by atoms with Crippen molar-refractivity contribution >= 4 is 23.7 Å². The van der Waals surface area contributed by atoms with Crippen molar-refractivity contribution in [3.05, 3.63) is 21.9 Å². The molecule has 0 radical (unpaired) electrons. The van der Waals surface area contributed by atoms with Gasteiger partial charge in [0.1, 0.15) is 0 Å². The number of rotatable bonds is 0. The Bertz CT molecular complexity index is 313. The molecular weight excluding hydrogens is 216 g/mol. The highest BCUT2D eigenvalue weighted by atomic mass is 35.5. The fraction of sp³-hybridized carbons (Fsp3) is 0.600. The van der Waals surface area contributed by atoms with Crippen molar-refractivity contribution in [2.75, 3.05) is 26.2 Å². The Labute approximate surface area is 94.7 Å². The van der Waals surface area contributed by atoms with E-state index in [9.17, 15) is 0 Å². The standard InChI is InChI=1S/C10H14N2S.ClH/c1-4-12-5-3-11-7-9(12)10-8(1)2-6-13-10;/h2,6,9,11H,1,3-5,7H2;1H/t9-;/m1./s1. The summed E-state index contributed by atoms with van der Waals surface area (Å²) >= 11 is 1.93. The van der Waals surface area contributed by atoms with Gasteiger partial charge in [-0.05, 0) is 23.4 Å². The van der Waals surface area contributed by atoms with Crippen LogP contribution in [0.25, 0.3) is 0 Å². The summed E-state index contributed by atoms with van der Waals surface area (Å²) in [6.45, 7) is 4.79. The average molecular weight is 231 g/mol. The Kier molecular flexibility index (Phi) is 3.12. The minimum absolute atomic E-state index is 0. The van der Waals surface area contributed by atoms with Crippen LogP contribution in [0.2, 0.25) is 0 Å². The predicted molar refractivity (Wildman–Crippen MR) is 62.5 cm³/mol. The summed E-state index contributed by atoms with van der Waals surface area (Å²) in [5.41, 5.74) is 1.59. The Morgan fingerprint density at radius 3 is 3.29 bits per heavy atom. The van der Waals surface area contributed by atoms with E-state index in [1.807, 2.05) is 11.3 Å². The zero-order valence-corrected chi connectivity index (χ0v) is 9.66. The first-order valence-electron chi connectivity index (χ1n) is 4.96. The summed E-state index contributed by atoms with van der Waals surface area (Å²) in [6.07, 6.45) is 1.26. The van der Waals surface area contributed by atoms with E-state index < -0.39 is 0 Å². The molecule has 2 aliphatic heterocycles. The molecule has 0 spiro atoms. The van der Waals surface area contributed by atoms with Crippen molar-refractivity contribution in [1.29, 1.82) is 0 Å². The smallest absolute Gasteiger partial charge is 0.0569 e. The zero-order chi connectivity index (χ0) is 8.67. The number of hydrogen-bond donors (Lipinski definition) is 1. The molecule has 0 amide bonds. The Morgan fingerprint density at radius 2 is 2.36 bits per heavy atom. The van der Waals surface area contributed by atoms with E-state index in [0.717, 1.165) is 13.1 Å². The second-order valence-electron chi connectivity index (χ2n) is 3.82. The number of piperazine rings is 1. The molecule has 2 aliphatic rings. The molecule has 0 unspecified atom stereocenters. The fourth-order valence-corrected chi connectivity index (χ4v) is 3.47. The van der Waals surface area contributed by atoms with E-state index in [1.165, 1.54) is 19.5 Å². The van der Waals surface area contributed by atoms with Crippen molar-refractivity contribution < 1.29 is 0 Å². The molecule has 2 nitrogen and oxygen atoms in total. The van der Waals surface area contributed by atoms with Crippen molar-refractivity contribution in [2.24, 2.45) is 0 Å². The van der Waals surface area contributed by atoms with E-state index in [4.69, 9.17) is 0 Å². The van der Waals surface area contributed by atoms with Gasteiger partial charge in [-0.3, -0.25) is 4.90 Å². The first-order valence-corrected chi connectivity index (χ1v) is 5.84. The molecule has 0 aliphatic carbocycles. The molecule has 1 fully saturated rings. The van der Waals surface area contributed by atoms with Gasteiger partial charge in [-0.1, -0.05) is 0 Å². The second-order valence-corrected chi connectivity index (χ2v) is 4.76. The Morgan fingerprint density at radius 1 is 1.43 bits per heavy atom. The molecule has 3 rings (SSSR count). The van der Waals surface area contributed by atoms with Crippen molar-refractivity contribution in [3.63, 3.8) is 0 Å². The van der Waals surface area contributed by atoms with Crippen molar-refractivity contribution in [1.82, 2.24) is 10.2 Å².